The quantitative estimate of drug-likeness (QED) is 0.829. The topological polar surface area (TPSA) is 40.5 Å². The second-order valence-corrected chi connectivity index (χ2v) is 6.21. The number of hydrogen-bond acceptors (Lipinski definition) is 2. The van der Waals surface area contributed by atoms with Crippen LogP contribution in [0.25, 0.3) is 0 Å². The maximum Gasteiger partial charge on any atom is 0.234 e. The smallest absolute Gasteiger partial charge is 0.234 e. The number of likely N-dealkylation sites (N-methyl/N-ethyl adjacent to an activating group) is 1. The predicted octanol–water partition coefficient (Wildman–Crippen LogP) is 2.85. The van der Waals surface area contributed by atoms with E-state index in [0.29, 0.717) is 0 Å². The lowest BCUT2D eigenvalue weighted by molar-refractivity contribution is -0.118. The van der Waals surface area contributed by atoms with E-state index in [4.69, 9.17) is 0 Å². The third-order valence-corrected chi connectivity index (χ3v) is 3.72. The molecule has 98 valence electrons. The molecule has 1 N–H and O–H groups in total. The van der Waals surface area contributed by atoms with Crippen molar-refractivity contribution in [1.82, 2.24) is 0 Å². The molecule has 18 heavy (non-hydrogen) atoms. The molecule has 3 heteroatoms. The lowest BCUT2D eigenvalue weighted by Crippen LogP contribution is -2.22. The molecule has 3 nitrogen and oxygen atoms in total. The molecule has 1 aromatic rings. The van der Waals surface area contributed by atoms with E-state index in [1.165, 1.54) is 0 Å². The molecule has 1 aromatic carbocycles. The summed E-state index contributed by atoms with van der Waals surface area (Å²) in [6, 6.07) is 5.81. The first-order valence-electron chi connectivity index (χ1n) is 6.33. The van der Waals surface area contributed by atoms with Crippen LogP contribution in [0.5, 0.6) is 0 Å². The number of aliphatic hydroxyl groups is 1. The standard InChI is InChI=1S/C15H21NO2/c1-9-11-8-10(13(17)15(2,3)4)6-7-12(11)16(5)14(9)18/h6-9,13,17H,1-5H3. The third-order valence-electron chi connectivity index (χ3n) is 3.72. The zero-order valence-electron chi connectivity index (χ0n) is 11.7. The largest absolute Gasteiger partial charge is 0.388 e. The molecule has 1 amide bonds. The van der Waals surface area contributed by atoms with Crippen LogP contribution in [-0.4, -0.2) is 18.1 Å². The van der Waals surface area contributed by atoms with E-state index in [9.17, 15) is 9.90 Å². The number of nitrogens with zero attached hydrogens (tertiary/aromatic N) is 1. The molecule has 2 unspecified atom stereocenters. The van der Waals surface area contributed by atoms with Crippen LogP contribution in [0.1, 0.15) is 50.8 Å². The normalized spacial score (nSPS) is 21.1. The summed E-state index contributed by atoms with van der Waals surface area (Å²) in [6.07, 6.45) is -0.518. The van der Waals surface area contributed by atoms with Gasteiger partial charge >= 0.3 is 0 Å². The van der Waals surface area contributed by atoms with E-state index < -0.39 is 6.10 Å². The Morgan fingerprint density at radius 1 is 1.33 bits per heavy atom. The molecular weight excluding hydrogens is 226 g/mol. The summed E-state index contributed by atoms with van der Waals surface area (Å²) in [6.45, 7) is 7.93. The summed E-state index contributed by atoms with van der Waals surface area (Å²) in [5.41, 5.74) is 2.66. The summed E-state index contributed by atoms with van der Waals surface area (Å²) >= 11 is 0. The lowest BCUT2D eigenvalue weighted by atomic mass is 9.84. The van der Waals surface area contributed by atoms with E-state index in [1.54, 1.807) is 11.9 Å². The van der Waals surface area contributed by atoms with Crippen LogP contribution in [0.15, 0.2) is 18.2 Å². The van der Waals surface area contributed by atoms with Gasteiger partial charge in [0.2, 0.25) is 5.91 Å². The van der Waals surface area contributed by atoms with Crippen LogP contribution < -0.4 is 4.90 Å². The molecule has 0 fully saturated rings. The Morgan fingerprint density at radius 2 is 1.94 bits per heavy atom. The Hall–Kier alpha value is -1.35. The molecule has 1 aliphatic rings. The van der Waals surface area contributed by atoms with Crippen molar-refractivity contribution >= 4 is 11.6 Å². The van der Waals surface area contributed by atoms with Crippen LogP contribution in [-0.2, 0) is 4.79 Å². The molecule has 0 spiro atoms. The molecule has 0 aliphatic carbocycles. The lowest BCUT2D eigenvalue weighted by Gasteiger charge is -2.26. The van der Waals surface area contributed by atoms with Crippen LogP contribution in [0, 0.1) is 5.41 Å². The van der Waals surface area contributed by atoms with Gasteiger partial charge in [-0.25, -0.2) is 0 Å². The monoisotopic (exact) mass is 247 g/mol. The van der Waals surface area contributed by atoms with Crippen molar-refractivity contribution in [3.63, 3.8) is 0 Å². The second-order valence-electron chi connectivity index (χ2n) is 6.21. The number of amides is 1. The third kappa shape index (κ3) is 1.93. The highest BCUT2D eigenvalue weighted by Crippen LogP contribution is 2.40. The zero-order chi connectivity index (χ0) is 13.7. The van der Waals surface area contributed by atoms with E-state index >= 15 is 0 Å². The fourth-order valence-electron chi connectivity index (χ4n) is 2.44. The molecule has 1 heterocycles. The van der Waals surface area contributed by atoms with Gasteiger partial charge in [-0.05, 0) is 29.5 Å². The van der Waals surface area contributed by atoms with E-state index in [0.717, 1.165) is 16.8 Å². The van der Waals surface area contributed by atoms with Gasteiger partial charge in [-0.1, -0.05) is 32.9 Å². The minimum Gasteiger partial charge on any atom is -0.388 e. The van der Waals surface area contributed by atoms with E-state index in [-0.39, 0.29) is 17.2 Å². The number of hydrogen-bond donors (Lipinski definition) is 1. The van der Waals surface area contributed by atoms with Gasteiger partial charge in [0.05, 0.1) is 12.0 Å². The average Bonchev–Trinajstić information content (AvgIpc) is 2.52. The molecule has 0 saturated carbocycles. The number of carbonyl (C=O) groups is 1. The maximum absolute atomic E-state index is 11.9. The number of anilines is 1. The Kier molecular flexibility index (Phi) is 2.98. The maximum atomic E-state index is 11.9. The van der Waals surface area contributed by atoms with Crippen LogP contribution in [0.2, 0.25) is 0 Å². The summed E-state index contributed by atoms with van der Waals surface area (Å²) < 4.78 is 0. The predicted molar refractivity (Wildman–Crippen MR) is 72.7 cm³/mol. The van der Waals surface area contributed by atoms with Crippen LogP contribution >= 0.6 is 0 Å². The highest BCUT2D eigenvalue weighted by atomic mass is 16.3. The fourth-order valence-corrected chi connectivity index (χ4v) is 2.44. The van der Waals surface area contributed by atoms with Crippen molar-refractivity contribution in [2.24, 2.45) is 5.41 Å². The first-order chi connectivity index (χ1) is 8.23. The molecule has 2 rings (SSSR count). The molecule has 1 aliphatic heterocycles. The van der Waals surface area contributed by atoms with Gasteiger partial charge in [0.15, 0.2) is 0 Å². The van der Waals surface area contributed by atoms with Gasteiger partial charge in [0.1, 0.15) is 0 Å². The Bertz CT molecular complexity index is 488. The van der Waals surface area contributed by atoms with Gasteiger partial charge < -0.3 is 10.0 Å². The molecule has 0 bridgehead atoms. The van der Waals surface area contributed by atoms with Crippen molar-refractivity contribution in [3.8, 4) is 0 Å². The molecule has 2 atom stereocenters. The first kappa shape index (κ1) is 13.1. The fraction of sp³-hybridized carbons (Fsp3) is 0.533. The minimum absolute atomic E-state index is 0.114. The number of fused-ring (bicyclic) bond motifs is 1. The average molecular weight is 247 g/mol. The number of carbonyl (C=O) groups excluding carboxylic acids is 1. The van der Waals surface area contributed by atoms with Crippen LogP contribution in [0.4, 0.5) is 5.69 Å². The summed E-state index contributed by atoms with van der Waals surface area (Å²) in [4.78, 5) is 13.6. The SMILES string of the molecule is CC1C(=O)N(C)c2ccc(C(O)C(C)(C)C)cc21. The van der Waals surface area contributed by atoms with Crippen molar-refractivity contribution in [3.05, 3.63) is 29.3 Å². The van der Waals surface area contributed by atoms with E-state index in [2.05, 4.69) is 0 Å². The van der Waals surface area contributed by atoms with Crippen molar-refractivity contribution < 1.29 is 9.90 Å². The number of aliphatic hydroxyl groups excluding tert-OH is 1. The van der Waals surface area contributed by atoms with Gasteiger partial charge in [-0.2, -0.15) is 0 Å². The molecule has 0 saturated heterocycles. The Morgan fingerprint density at radius 3 is 2.50 bits per heavy atom. The molecule has 0 aromatic heterocycles. The molecular formula is C15H21NO2. The van der Waals surface area contributed by atoms with Crippen molar-refractivity contribution in [1.29, 1.82) is 0 Å². The molecule has 0 radical (unpaired) electrons. The summed E-state index contributed by atoms with van der Waals surface area (Å²) in [5, 5.41) is 10.3. The summed E-state index contributed by atoms with van der Waals surface area (Å²) in [7, 11) is 1.80. The van der Waals surface area contributed by atoms with Gasteiger partial charge in [0, 0.05) is 12.7 Å². The van der Waals surface area contributed by atoms with Gasteiger partial charge in [-0.15, -0.1) is 0 Å². The minimum atomic E-state index is -0.518. The Balaban J connectivity index is 2.44. The highest BCUT2D eigenvalue weighted by Gasteiger charge is 2.33. The summed E-state index contributed by atoms with van der Waals surface area (Å²) in [5.74, 6) is 0.00418. The van der Waals surface area contributed by atoms with Crippen LogP contribution in [0.3, 0.4) is 0 Å². The van der Waals surface area contributed by atoms with Crippen molar-refractivity contribution in [2.75, 3.05) is 11.9 Å². The number of rotatable bonds is 1. The zero-order valence-corrected chi connectivity index (χ0v) is 11.7. The van der Waals surface area contributed by atoms with E-state index in [1.807, 2.05) is 45.9 Å². The highest BCUT2D eigenvalue weighted by molar-refractivity contribution is 6.04. The Labute approximate surface area is 108 Å². The van der Waals surface area contributed by atoms with Gasteiger partial charge in [-0.3, -0.25) is 4.79 Å². The van der Waals surface area contributed by atoms with Crippen molar-refractivity contribution in [2.45, 2.75) is 39.7 Å². The first-order valence-corrected chi connectivity index (χ1v) is 6.33. The van der Waals surface area contributed by atoms with Gasteiger partial charge in [0.25, 0.3) is 0 Å². The second kappa shape index (κ2) is 4.09. The number of benzene rings is 1.